The van der Waals surface area contributed by atoms with Gasteiger partial charge in [0.25, 0.3) is 5.95 Å². The predicted octanol–water partition coefficient (Wildman–Crippen LogP) is 1.15. The molecule has 0 fully saturated rings. The highest BCUT2D eigenvalue weighted by molar-refractivity contribution is 6.09. The van der Waals surface area contributed by atoms with Crippen molar-refractivity contribution in [1.82, 2.24) is 25.6 Å². The number of hydrazone groups is 1. The van der Waals surface area contributed by atoms with Gasteiger partial charge in [-0.25, -0.2) is 5.43 Å². The number of para-hydroxylation sites is 1. The Morgan fingerprint density at radius 3 is 3.11 bits per heavy atom. The molecule has 0 aliphatic rings. The van der Waals surface area contributed by atoms with Gasteiger partial charge in [-0.2, -0.15) is 16.5 Å². The summed E-state index contributed by atoms with van der Waals surface area (Å²) in [6.45, 7) is 1.90. The molecule has 0 radical (unpaired) electrons. The van der Waals surface area contributed by atoms with Crippen molar-refractivity contribution in [2.24, 2.45) is 5.10 Å². The lowest BCUT2D eigenvalue weighted by Crippen LogP contribution is -2.00. The van der Waals surface area contributed by atoms with Crippen LogP contribution in [-0.4, -0.2) is 26.3 Å². The average molecular weight is 240 g/mol. The van der Waals surface area contributed by atoms with Gasteiger partial charge in [0, 0.05) is 0 Å². The maximum Gasteiger partial charge on any atom is 0.283 e. The van der Waals surface area contributed by atoms with E-state index in [4.69, 9.17) is 0 Å². The summed E-state index contributed by atoms with van der Waals surface area (Å²) >= 11 is 0. The Hall–Kier alpha value is -2.70. The number of nitrogens with zero attached hydrogens (tertiary/aromatic N) is 5. The number of hydrogen-bond donors (Lipinski definition) is 2. The molecule has 2 heterocycles. The summed E-state index contributed by atoms with van der Waals surface area (Å²) < 4.78 is 0. The number of benzene rings is 1. The molecule has 0 aliphatic heterocycles. The molecule has 7 heteroatoms. The number of aromatic amines is 1. The summed E-state index contributed by atoms with van der Waals surface area (Å²) in [5.74, 6) is 0.332. The molecular weight excluding hydrogens is 230 g/mol. The molecule has 0 unspecified atom stereocenters. The molecular formula is C11H10N7-. The minimum absolute atomic E-state index is 0.332. The van der Waals surface area contributed by atoms with Crippen LogP contribution in [-0.2, 0) is 0 Å². The predicted molar refractivity (Wildman–Crippen MR) is 67.3 cm³/mol. The van der Waals surface area contributed by atoms with Crippen LogP contribution < -0.4 is 10.4 Å². The first-order valence-electron chi connectivity index (χ1n) is 5.39. The lowest BCUT2D eigenvalue weighted by atomic mass is 10.1. The first-order valence-corrected chi connectivity index (χ1v) is 5.39. The average Bonchev–Trinajstić information content (AvgIpc) is 3.05. The van der Waals surface area contributed by atoms with Crippen molar-refractivity contribution in [2.45, 2.75) is 6.92 Å². The van der Waals surface area contributed by atoms with Gasteiger partial charge < -0.3 is 4.98 Å². The van der Waals surface area contributed by atoms with Crippen molar-refractivity contribution in [3.63, 3.8) is 0 Å². The van der Waals surface area contributed by atoms with E-state index in [-0.39, 0.29) is 0 Å². The summed E-state index contributed by atoms with van der Waals surface area (Å²) in [4.78, 5) is 4.33. The molecule has 0 aliphatic carbocycles. The molecule has 3 aromatic rings. The molecule has 0 saturated heterocycles. The Bertz CT molecular complexity index is 680. The highest BCUT2D eigenvalue weighted by Crippen LogP contribution is 2.17. The fourth-order valence-corrected chi connectivity index (χ4v) is 1.71. The van der Waals surface area contributed by atoms with E-state index < -0.39 is 0 Å². The van der Waals surface area contributed by atoms with Crippen LogP contribution in [0.3, 0.4) is 0 Å². The van der Waals surface area contributed by atoms with Gasteiger partial charge in [-0.1, -0.05) is 29.4 Å². The van der Waals surface area contributed by atoms with Gasteiger partial charge in [-0.15, -0.1) is 10.6 Å². The van der Waals surface area contributed by atoms with Crippen LogP contribution >= 0.6 is 0 Å². The van der Waals surface area contributed by atoms with Crippen LogP contribution in [0.5, 0.6) is 0 Å². The molecule has 0 atom stereocenters. The van der Waals surface area contributed by atoms with Crippen LogP contribution in [0, 0.1) is 0 Å². The van der Waals surface area contributed by atoms with E-state index in [9.17, 15) is 0 Å². The van der Waals surface area contributed by atoms with E-state index in [1.54, 1.807) is 6.20 Å². The summed E-state index contributed by atoms with van der Waals surface area (Å²) in [7, 11) is 0. The fourth-order valence-electron chi connectivity index (χ4n) is 1.71. The molecule has 2 N–H and O–H groups in total. The fraction of sp³-hybridized carbons (Fsp3) is 0.0909. The highest BCUT2D eigenvalue weighted by atomic mass is 15.5. The van der Waals surface area contributed by atoms with Gasteiger partial charge in [0.15, 0.2) is 0 Å². The number of nitrogens with one attached hydrogen (secondary N) is 2. The number of anilines is 1. The van der Waals surface area contributed by atoms with Gasteiger partial charge in [0.05, 0.1) is 5.71 Å². The SMILES string of the molecule is C/C(=N\Nc1nn[nH]n1)c1c[n-]c2ccccc12. The zero-order valence-electron chi connectivity index (χ0n) is 9.62. The standard InChI is InChI=1S/C11H10N7/c1-7(13-14-11-15-17-18-16-11)9-6-12-10-5-3-2-4-8(9)10/h2-6H,1H3,(H2,14,15,16,17,18)/q-1/b13-7+. The molecule has 3 rings (SSSR count). The van der Waals surface area contributed by atoms with Crippen molar-refractivity contribution >= 4 is 22.6 Å². The molecule has 0 bridgehead atoms. The third-order valence-electron chi connectivity index (χ3n) is 2.59. The number of rotatable bonds is 3. The Labute approximate surface area is 102 Å². The number of aromatic nitrogens is 5. The molecule has 7 nitrogen and oxygen atoms in total. The highest BCUT2D eigenvalue weighted by Gasteiger charge is 2.01. The first kappa shape index (κ1) is 10.5. The number of H-pyrrole nitrogens is 1. The Kier molecular flexibility index (Phi) is 2.49. The first-order chi connectivity index (χ1) is 8.84. The van der Waals surface area contributed by atoms with E-state index in [0.29, 0.717) is 5.95 Å². The van der Waals surface area contributed by atoms with Gasteiger partial charge >= 0.3 is 0 Å². The maximum absolute atomic E-state index is 4.33. The normalized spacial score (nSPS) is 11.9. The van der Waals surface area contributed by atoms with E-state index in [1.165, 1.54) is 0 Å². The van der Waals surface area contributed by atoms with E-state index in [0.717, 1.165) is 22.2 Å². The lowest BCUT2D eigenvalue weighted by Gasteiger charge is -2.01. The Morgan fingerprint density at radius 1 is 1.39 bits per heavy atom. The quantitative estimate of drug-likeness (QED) is 0.529. The second kappa shape index (κ2) is 4.28. The summed E-state index contributed by atoms with van der Waals surface area (Å²) in [5, 5.41) is 18.6. The zero-order valence-corrected chi connectivity index (χ0v) is 9.62. The van der Waals surface area contributed by atoms with Gasteiger partial charge in [-0.3, -0.25) is 0 Å². The molecule has 0 spiro atoms. The second-order valence-electron chi connectivity index (χ2n) is 3.73. The topological polar surface area (TPSA) is 93.0 Å². The van der Waals surface area contributed by atoms with Crippen molar-refractivity contribution < 1.29 is 0 Å². The van der Waals surface area contributed by atoms with E-state index in [2.05, 4.69) is 36.1 Å². The smallest absolute Gasteiger partial charge is 0.283 e. The molecule has 0 amide bonds. The molecule has 1 aromatic carbocycles. The molecule has 0 saturated carbocycles. The molecule has 18 heavy (non-hydrogen) atoms. The monoisotopic (exact) mass is 240 g/mol. The summed E-state index contributed by atoms with van der Waals surface area (Å²) in [5.41, 5.74) is 5.48. The number of hydrogen-bond acceptors (Lipinski definition) is 5. The molecule has 2 aromatic heterocycles. The van der Waals surface area contributed by atoms with Gasteiger partial charge in [0.1, 0.15) is 0 Å². The second-order valence-corrected chi connectivity index (χ2v) is 3.73. The van der Waals surface area contributed by atoms with Crippen molar-refractivity contribution in [3.8, 4) is 0 Å². The lowest BCUT2D eigenvalue weighted by molar-refractivity contribution is 0.881. The van der Waals surface area contributed by atoms with E-state index >= 15 is 0 Å². The zero-order chi connectivity index (χ0) is 12.4. The third-order valence-corrected chi connectivity index (χ3v) is 2.59. The van der Waals surface area contributed by atoms with Crippen molar-refractivity contribution in [1.29, 1.82) is 0 Å². The minimum atomic E-state index is 0.332. The van der Waals surface area contributed by atoms with Gasteiger partial charge in [-0.05, 0) is 23.1 Å². The number of tetrazole rings is 1. The van der Waals surface area contributed by atoms with Crippen LogP contribution in [0.15, 0.2) is 35.6 Å². The summed E-state index contributed by atoms with van der Waals surface area (Å²) in [6, 6.07) is 7.93. The van der Waals surface area contributed by atoms with Crippen molar-refractivity contribution in [2.75, 3.05) is 5.43 Å². The van der Waals surface area contributed by atoms with Crippen LogP contribution in [0.25, 0.3) is 10.9 Å². The van der Waals surface area contributed by atoms with Crippen LogP contribution in [0.2, 0.25) is 0 Å². The van der Waals surface area contributed by atoms with E-state index in [1.807, 2.05) is 31.2 Å². The minimum Gasteiger partial charge on any atom is -0.663 e. The van der Waals surface area contributed by atoms with Crippen molar-refractivity contribution in [3.05, 3.63) is 36.0 Å². The third kappa shape index (κ3) is 1.81. The Balaban J connectivity index is 1.92. The van der Waals surface area contributed by atoms with Gasteiger partial charge in [0.2, 0.25) is 0 Å². The largest absolute Gasteiger partial charge is 0.663 e. The van der Waals surface area contributed by atoms with Crippen LogP contribution in [0.4, 0.5) is 5.95 Å². The Morgan fingerprint density at radius 2 is 2.28 bits per heavy atom. The number of fused-ring (bicyclic) bond motifs is 1. The molecule has 90 valence electrons. The summed E-state index contributed by atoms with van der Waals surface area (Å²) in [6.07, 6.45) is 1.81. The maximum atomic E-state index is 4.33. The van der Waals surface area contributed by atoms with Crippen LogP contribution in [0.1, 0.15) is 12.5 Å².